The molecule has 2 amide bonds. The van der Waals surface area contributed by atoms with Gasteiger partial charge >= 0.3 is 6.03 Å². The van der Waals surface area contributed by atoms with Crippen molar-refractivity contribution in [3.63, 3.8) is 0 Å². The number of nitrogens with zero attached hydrogens (tertiary/aromatic N) is 3. The van der Waals surface area contributed by atoms with Crippen molar-refractivity contribution in [3.8, 4) is 0 Å². The molecule has 0 saturated carbocycles. The lowest BCUT2D eigenvalue weighted by Gasteiger charge is -2.34. The van der Waals surface area contributed by atoms with Crippen molar-refractivity contribution in [1.82, 2.24) is 20.5 Å². The zero-order valence-corrected chi connectivity index (χ0v) is 16.8. The first-order valence-corrected chi connectivity index (χ1v) is 10.4. The smallest absolute Gasteiger partial charge is 0.315 e. The molecule has 146 valence electrons. The van der Waals surface area contributed by atoms with Gasteiger partial charge in [-0.05, 0) is 35.5 Å². The SMILES string of the molecule is CN1CCN(c2ncccc2CNC(=O)NCc2csc3ccccc23)CC1. The molecule has 1 aliphatic heterocycles. The summed E-state index contributed by atoms with van der Waals surface area (Å²) in [7, 11) is 2.14. The maximum absolute atomic E-state index is 12.3. The van der Waals surface area contributed by atoms with Gasteiger partial charge in [0.2, 0.25) is 0 Å². The van der Waals surface area contributed by atoms with E-state index in [0.29, 0.717) is 13.1 Å². The molecule has 3 aromatic rings. The van der Waals surface area contributed by atoms with Crippen LogP contribution >= 0.6 is 11.3 Å². The van der Waals surface area contributed by atoms with Crippen LogP contribution < -0.4 is 15.5 Å². The Balaban J connectivity index is 1.34. The van der Waals surface area contributed by atoms with Crippen molar-refractivity contribution in [2.45, 2.75) is 13.1 Å². The van der Waals surface area contributed by atoms with Crippen molar-refractivity contribution < 1.29 is 4.79 Å². The fourth-order valence-electron chi connectivity index (χ4n) is 3.45. The Bertz CT molecular complexity index is 949. The van der Waals surface area contributed by atoms with Gasteiger partial charge in [-0.25, -0.2) is 9.78 Å². The van der Waals surface area contributed by atoms with Gasteiger partial charge in [-0.1, -0.05) is 24.3 Å². The van der Waals surface area contributed by atoms with Crippen molar-refractivity contribution in [1.29, 1.82) is 0 Å². The summed E-state index contributed by atoms with van der Waals surface area (Å²) in [4.78, 5) is 21.5. The second-order valence-electron chi connectivity index (χ2n) is 7.07. The summed E-state index contributed by atoms with van der Waals surface area (Å²) in [6, 6.07) is 12.1. The number of hydrogen-bond donors (Lipinski definition) is 2. The van der Waals surface area contributed by atoms with Gasteiger partial charge in [0.05, 0.1) is 0 Å². The molecule has 1 saturated heterocycles. The molecule has 0 bridgehead atoms. The minimum Gasteiger partial charge on any atom is -0.354 e. The van der Waals surface area contributed by atoms with Crippen LogP contribution in [0, 0.1) is 0 Å². The van der Waals surface area contributed by atoms with Gasteiger partial charge in [0.1, 0.15) is 5.82 Å². The zero-order valence-electron chi connectivity index (χ0n) is 16.0. The maximum Gasteiger partial charge on any atom is 0.315 e. The van der Waals surface area contributed by atoms with E-state index in [1.807, 2.05) is 30.5 Å². The van der Waals surface area contributed by atoms with Crippen LogP contribution in [0.1, 0.15) is 11.1 Å². The van der Waals surface area contributed by atoms with Crippen LogP contribution in [0.4, 0.5) is 10.6 Å². The summed E-state index contributed by atoms with van der Waals surface area (Å²) in [5.74, 6) is 0.972. The largest absolute Gasteiger partial charge is 0.354 e. The molecule has 0 atom stereocenters. The summed E-state index contributed by atoms with van der Waals surface area (Å²) in [5, 5.41) is 9.26. The van der Waals surface area contributed by atoms with Crippen LogP contribution in [-0.4, -0.2) is 49.1 Å². The van der Waals surface area contributed by atoms with Crippen LogP contribution in [-0.2, 0) is 13.1 Å². The molecule has 1 fully saturated rings. The highest BCUT2D eigenvalue weighted by Gasteiger charge is 2.18. The van der Waals surface area contributed by atoms with Crippen molar-refractivity contribution in [2.24, 2.45) is 0 Å². The monoisotopic (exact) mass is 395 g/mol. The van der Waals surface area contributed by atoms with E-state index in [1.54, 1.807) is 11.3 Å². The van der Waals surface area contributed by atoms with E-state index in [-0.39, 0.29) is 6.03 Å². The van der Waals surface area contributed by atoms with E-state index in [0.717, 1.165) is 43.1 Å². The number of hydrogen-bond acceptors (Lipinski definition) is 5. The fourth-order valence-corrected chi connectivity index (χ4v) is 4.42. The lowest BCUT2D eigenvalue weighted by molar-refractivity contribution is 0.240. The first kappa shape index (κ1) is 18.7. The quantitative estimate of drug-likeness (QED) is 0.697. The number of rotatable bonds is 5. The van der Waals surface area contributed by atoms with Gasteiger partial charge in [-0.3, -0.25) is 0 Å². The first-order chi connectivity index (χ1) is 13.7. The number of aromatic nitrogens is 1. The molecule has 6 nitrogen and oxygen atoms in total. The number of thiophene rings is 1. The summed E-state index contributed by atoms with van der Waals surface area (Å²) < 4.78 is 1.24. The average Bonchev–Trinajstić information content (AvgIpc) is 3.15. The van der Waals surface area contributed by atoms with Gasteiger partial charge in [-0.2, -0.15) is 0 Å². The Morgan fingerprint density at radius 2 is 1.79 bits per heavy atom. The molecule has 0 spiro atoms. The molecule has 0 radical (unpaired) electrons. The van der Waals surface area contributed by atoms with E-state index in [4.69, 9.17) is 0 Å². The number of carbonyl (C=O) groups excluding carboxylic acids is 1. The number of fused-ring (bicyclic) bond motifs is 1. The first-order valence-electron chi connectivity index (χ1n) is 9.55. The number of likely N-dealkylation sites (N-methyl/N-ethyl adjacent to an activating group) is 1. The number of pyridine rings is 1. The third-order valence-electron chi connectivity index (χ3n) is 5.11. The topological polar surface area (TPSA) is 60.5 Å². The maximum atomic E-state index is 12.3. The molecular weight excluding hydrogens is 370 g/mol. The number of carbonyl (C=O) groups is 1. The summed E-state index contributed by atoms with van der Waals surface area (Å²) in [6.07, 6.45) is 1.82. The summed E-state index contributed by atoms with van der Waals surface area (Å²) in [5.41, 5.74) is 2.19. The highest BCUT2D eigenvalue weighted by Crippen LogP contribution is 2.25. The second kappa shape index (κ2) is 8.58. The van der Waals surface area contributed by atoms with Gasteiger partial charge in [-0.15, -0.1) is 11.3 Å². The molecule has 28 heavy (non-hydrogen) atoms. The zero-order chi connectivity index (χ0) is 19.3. The molecule has 4 rings (SSSR count). The van der Waals surface area contributed by atoms with E-state index in [2.05, 4.69) is 50.0 Å². The van der Waals surface area contributed by atoms with E-state index in [1.165, 1.54) is 10.1 Å². The summed E-state index contributed by atoms with van der Waals surface area (Å²) >= 11 is 1.70. The Morgan fingerprint density at radius 1 is 1.04 bits per heavy atom. The fraction of sp³-hybridized carbons (Fsp3) is 0.333. The second-order valence-corrected chi connectivity index (χ2v) is 7.98. The predicted molar refractivity (Wildman–Crippen MR) is 115 cm³/mol. The lowest BCUT2D eigenvalue weighted by atomic mass is 10.2. The van der Waals surface area contributed by atoms with Crippen LogP contribution in [0.2, 0.25) is 0 Å². The summed E-state index contributed by atoms with van der Waals surface area (Å²) in [6.45, 7) is 4.95. The molecule has 2 aromatic heterocycles. The third kappa shape index (κ3) is 4.26. The Kier molecular flexibility index (Phi) is 5.73. The Labute approximate surface area is 169 Å². The van der Waals surface area contributed by atoms with Gasteiger partial charge < -0.3 is 20.4 Å². The standard InChI is InChI=1S/C21H25N5OS/c1-25-9-11-26(12-10-25)20-16(5-4-8-22-20)13-23-21(27)24-14-17-15-28-19-7-3-2-6-18(17)19/h2-8,15H,9-14H2,1H3,(H2,23,24,27). The van der Waals surface area contributed by atoms with Crippen LogP contribution in [0.25, 0.3) is 10.1 Å². The highest BCUT2D eigenvalue weighted by molar-refractivity contribution is 7.17. The Hall–Kier alpha value is -2.64. The molecule has 7 heteroatoms. The average molecular weight is 396 g/mol. The number of urea groups is 1. The number of amides is 2. The molecular formula is C21H25N5OS. The number of piperazine rings is 1. The van der Waals surface area contributed by atoms with Crippen LogP contribution in [0.3, 0.4) is 0 Å². The molecule has 0 aliphatic carbocycles. The van der Waals surface area contributed by atoms with Gasteiger partial charge in [0.25, 0.3) is 0 Å². The van der Waals surface area contributed by atoms with Crippen molar-refractivity contribution >= 4 is 33.3 Å². The predicted octanol–water partition coefficient (Wildman–Crippen LogP) is 3.05. The molecule has 2 N–H and O–H groups in total. The minimum atomic E-state index is -0.163. The van der Waals surface area contributed by atoms with E-state index >= 15 is 0 Å². The third-order valence-corrected chi connectivity index (χ3v) is 6.12. The van der Waals surface area contributed by atoms with Crippen molar-refractivity contribution in [2.75, 3.05) is 38.1 Å². The molecule has 3 heterocycles. The van der Waals surface area contributed by atoms with Crippen molar-refractivity contribution in [3.05, 3.63) is 59.1 Å². The van der Waals surface area contributed by atoms with Gasteiger partial charge in [0.15, 0.2) is 0 Å². The molecule has 1 aliphatic rings. The normalized spacial score (nSPS) is 15.0. The number of nitrogens with one attached hydrogen (secondary N) is 2. The van der Waals surface area contributed by atoms with Crippen LogP contribution in [0.15, 0.2) is 48.0 Å². The Morgan fingerprint density at radius 3 is 2.61 bits per heavy atom. The minimum absolute atomic E-state index is 0.163. The number of anilines is 1. The van der Waals surface area contributed by atoms with E-state index < -0.39 is 0 Å². The van der Waals surface area contributed by atoms with Crippen LogP contribution in [0.5, 0.6) is 0 Å². The highest BCUT2D eigenvalue weighted by atomic mass is 32.1. The lowest BCUT2D eigenvalue weighted by Crippen LogP contribution is -2.45. The van der Waals surface area contributed by atoms with Gasteiger partial charge in [0, 0.05) is 55.7 Å². The van der Waals surface area contributed by atoms with E-state index in [9.17, 15) is 4.79 Å². The number of benzene rings is 1. The molecule has 1 aromatic carbocycles. The molecule has 0 unspecified atom stereocenters.